The van der Waals surface area contributed by atoms with Crippen LogP contribution in [0.3, 0.4) is 0 Å². The average molecular weight is 336 g/mol. The predicted octanol–water partition coefficient (Wildman–Crippen LogP) is 4.30. The summed E-state index contributed by atoms with van der Waals surface area (Å²) in [6.07, 6.45) is 0. The number of hydrogen-bond donors (Lipinski definition) is 1. The Labute approximate surface area is 125 Å². The van der Waals surface area contributed by atoms with E-state index in [-0.39, 0.29) is 0 Å². The maximum atomic E-state index is 5.92. The Kier molecular flexibility index (Phi) is 3.71. The fourth-order valence-corrected chi connectivity index (χ4v) is 3.78. The molecule has 2 aromatic carbocycles. The van der Waals surface area contributed by atoms with Crippen LogP contribution in [-0.2, 0) is 0 Å². The summed E-state index contributed by atoms with van der Waals surface area (Å²) in [5, 5.41) is 0. The summed E-state index contributed by atoms with van der Waals surface area (Å²) in [4.78, 5) is 1.38. The lowest BCUT2D eigenvalue weighted by Crippen LogP contribution is -2.10. The molecule has 1 unspecified atom stereocenters. The number of thioether (sulfide) groups is 1. The van der Waals surface area contributed by atoms with Crippen molar-refractivity contribution in [3.8, 4) is 5.75 Å². The zero-order valence-corrected chi connectivity index (χ0v) is 12.7. The third kappa shape index (κ3) is 2.74. The summed E-state index contributed by atoms with van der Waals surface area (Å²) in [6, 6.07) is 14.2. The lowest BCUT2D eigenvalue weighted by molar-refractivity contribution is 0.296. The highest BCUT2D eigenvalue weighted by Crippen LogP contribution is 2.39. The van der Waals surface area contributed by atoms with Gasteiger partial charge in [-0.1, -0.05) is 18.2 Å². The fraction of sp³-hybridized carbons (Fsp3) is 0.200. The van der Waals surface area contributed by atoms with Crippen molar-refractivity contribution in [1.29, 1.82) is 0 Å². The van der Waals surface area contributed by atoms with Gasteiger partial charge in [-0.25, -0.2) is 0 Å². The minimum Gasteiger partial charge on any atom is -0.492 e. The zero-order chi connectivity index (χ0) is 13.2. The van der Waals surface area contributed by atoms with Crippen LogP contribution in [0.5, 0.6) is 5.75 Å². The van der Waals surface area contributed by atoms with Crippen LogP contribution < -0.4 is 10.5 Å². The van der Waals surface area contributed by atoms with E-state index in [9.17, 15) is 0 Å². The average Bonchev–Trinajstić information content (AvgIpc) is 2.83. The number of nitrogen functional groups attached to an aromatic ring is 1. The first-order valence-corrected chi connectivity index (χ1v) is 7.91. The van der Waals surface area contributed by atoms with E-state index >= 15 is 0 Å². The van der Waals surface area contributed by atoms with E-state index in [1.165, 1.54) is 10.5 Å². The molecule has 19 heavy (non-hydrogen) atoms. The smallest absolute Gasteiger partial charge is 0.135 e. The second-order valence-electron chi connectivity index (χ2n) is 4.55. The first-order valence-electron chi connectivity index (χ1n) is 6.13. The molecule has 1 heterocycles. The van der Waals surface area contributed by atoms with E-state index in [1.54, 1.807) is 0 Å². The highest BCUT2D eigenvalue weighted by molar-refractivity contribution is 9.10. The van der Waals surface area contributed by atoms with Crippen molar-refractivity contribution in [2.24, 2.45) is 0 Å². The molecule has 0 amide bonds. The molecule has 0 fully saturated rings. The lowest BCUT2D eigenvalue weighted by Gasteiger charge is -2.14. The molecular weight excluding hydrogens is 322 g/mol. The van der Waals surface area contributed by atoms with E-state index in [2.05, 4.69) is 40.2 Å². The summed E-state index contributed by atoms with van der Waals surface area (Å²) in [5.74, 6) is 2.35. The zero-order valence-electron chi connectivity index (χ0n) is 10.3. The normalized spacial score (nSPS) is 17.2. The third-order valence-electron chi connectivity index (χ3n) is 3.19. The molecule has 3 rings (SSSR count). The Hall–Kier alpha value is -1.13. The van der Waals surface area contributed by atoms with Gasteiger partial charge in [-0.3, -0.25) is 0 Å². The molecule has 1 aliphatic heterocycles. The second kappa shape index (κ2) is 5.47. The summed E-state index contributed by atoms with van der Waals surface area (Å²) in [5.41, 5.74) is 7.90. The molecule has 0 spiro atoms. The molecular formula is C15H14BrNOS. The van der Waals surface area contributed by atoms with Gasteiger partial charge >= 0.3 is 0 Å². The summed E-state index contributed by atoms with van der Waals surface area (Å²) in [7, 11) is 0. The number of halogens is 1. The van der Waals surface area contributed by atoms with Crippen molar-refractivity contribution in [2.45, 2.75) is 10.8 Å². The topological polar surface area (TPSA) is 35.2 Å². The van der Waals surface area contributed by atoms with Crippen LogP contribution in [-0.4, -0.2) is 12.4 Å². The van der Waals surface area contributed by atoms with Crippen LogP contribution in [0.4, 0.5) is 5.69 Å². The number of fused-ring (bicyclic) bond motifs is 1. The van der Waals surface area contributed by atoms with Crippen LogP contribution in [0.15, 0.2) is 51.8 Å². The number of nitrogens with two attached hydrogens (primary N) is 1. The summed E-state index contributed by atoms with van der Waals surface area (Å²) < 4.78 is 6.86. The highest BCUT2D eigenvalue weighted by Gasteiger charge is 2.23. The number of anilines is 1. The lowest BCUT2D eigenvalue weighted by atomic mass is 10.0. The standard InChI is InChI=1S/C15H14BrNOS/c16-13-6-5-11(17)7-14(13)18-8-10-9-19-15-4-2-1-3-12(10)15/h1-7,10H,8-9,17H2. The summed E-state index contributed by atoms with van der Waals surface area (Å²) >= 11 is 5.39. The quantitative estimate of drug-likeness (QED) is 0.849. The van der Waals surface area contributed by atoms with E-state index < -0.39 is 0 Å². The van der Waals surface area contributed by atoms with Crippen molar-refractivity contribution in [1.82, 2.24) is 0 Å². The van der Waals surface area contributed by atoms with Crippen molar-refractivity contribution >= 4 is 33.4 Å². The van der Waals surface area contributed by atoms with Gasteiger partial charge in [0.2, 0.25) is 0 Å². The first-order chi connectivity index (χ1) is 9.24. The largest absolute Gasteiger partial charge is 0.492 e. The van der Waals surface area contributed by atoms with Crippen LogP contribution >= 0.6 is 27.7 Å². The van der Waals surface area contributed by atoms with Crippen molar-refractivity contribution in [2.75, 3.05) is 18.1 Å². The van der Waals surface area contributed by atoms with Gasteiger partial charge < -0.3 is 10.5 Å². The van der Waals surface area contributed by atoms with Gasteiger partial charge in [0.25, 0.3) is 0 Å². The summed E-state index contributed by atoms with van der Waals surface area (Å²) in [6.45, 7) is 0.687. The van der Waals surface area contributed by atoms with E-state index in [4.69, 9.17) is 10.5 Å². The SMILES string of the molecule is Nc1ccc(Br)c(OCC2CSc3ccccc32)c1. The van der Waals surface area contributed by atoms with Gasteiger partial charge in [-0.15, -0.1) is 11.8 Å². The molecule has 2 nitrogen and oxygen atoms in total. The van der Waals surface area contributed by atoms with Crippen LogP contribution in [0.1, 0.15) is 11.5 Å². The molecule has 0 saturated carbocycles. The van der Waals surface area contributed by atoms with E-state index in [0.717, 1.165) is 21.7 Å². The van der Waals surface area contributed by atoms with Crippen LogP contribution in [0.25, 0.3) is 0 Å². The van der Waals surface area contributed by atoms with Gasteiger partial charge in [0.1, 0.15) is 5.75 Å². The molecule has 1 aliphatic rings. The van der Waals surface area contributed by atoms with Gasteiger partial charge in [0.05, 0.1) is 11.1 Å². The monoisotopic (exact) mass is 335 g/mol. The van der Waals surface area contributed by atoms with Crippen molar-refractivity contribution < 1.29 is 4.74 Å². The molecule has 4 heteroatoms. The van der Waals surface area contributed by atoms with Gasteiger partial charge in [-0.2, -0.15) is 0 Å². The second-order valence-corrected chi connectivity index (χ2v) is 6.46. The Bertz CT molecular complexity index is 602. The van der Waals surface area contributed by atoms with E-state index in [0.29, 0.717) is 12.5 Å². The number of benzene rings is 2. The Balaban J connectivity index is 1.72. The fourth-order valence-electron chi connectivity index (χ4n) is 2.19. The number of ether oxygens (including phenoxy) is 1. The van der Waals surface area contributed by atoms with Crippen molar-refractivity contribution in [3.05, 3.63) is 52.5 Å². The number of hydrogen-bond acceptors (Lipinski definition) is 3. The molecule has 0 bridgehead atoms. The highest BCUT2D eigenvalue weighted by atomic mass is 79.9. The molecule has 98 valence electrons. The third-order valence-corrected chi connectivity index (χ3v) is 5.10. The molecule has 2 N–H and O–H groups in total. The molecule has 1 atom stereocenters. The molecule has 0 aliphatic carbocycles. The minimum atomic E-state index is 0.453. The van der Waals surface area contributed by atoms with E-state index in [1.807, 2.05) is 30.0 Å². The van der Waals surface area contributed by atoms with Gasteiger partial charge in [0.15, 0.2) is 0 Å². The van der Waals surface area contributed by atoms with Crippen molar-refractivity contribution in [3.63, 3.8) is 0 Å². The maximum Gasteiger partial charge on any atom is 0.135 e. The van der Waals surface area contributed by atoms with Gasteiger partial charge in [-0.05, 0) is 39.7 Å². The Morgan fingerprint density at radius 3 is 3.00 bits per heavy atom. The Morgan fingerprint density at radius 1 is 1.26 bits per heavy atom. The predicted molar refractivity (Wildman–Crippen MR) is 84.0 cm³/mol. The molecule has 0 saturated heterocycles. The van der Waals surface area contributed by atoms with Gasteiger partial charge in [0, 0.05) is 28.3 Å². The minimum absolute atomic E-state index is 0.453. The van der Waals surface area contributed by atoms with Crippen LogP contribution in [0, 0.1) is 0 Å². The maximum absolute atomic E-state index is 5.92. The molecule has 2 aromatic rings. The Morgan fingerprint density at radius 2 is 2.11 bits per heavy atom. The molecule has 0 aromatic heterocycles. The molecule has 0 radical (unpaired) electrons. The number of rotatable bonds is 3. The van der Waals surface area contributed by atoms with Crippen LogP contribution in [0.2, 0.25) is 0 Å². The first kappa shape index (κ1) is 12.9.